The number of allylic oxidation sites excluding steroid dienone is 1. The summed E-state index contributed by atoms with van der Waals surface area (Å²) in [4.78, 5) is 1.68. The summed E-state index contributed by atoms with van der Waals surface area (Å²) in [6, 6.07) is 0. The van der Waals surface area contributed by atoms with Crippen molar-refractivity contribution in [3.63, 3.8) is 0 Å². The Balaban J connectivity index is 2.41. The maximum Gasteiger partial charge on any atom is 0.162 e. The highest BCUT2D eigenvalue weighted by atomic mass is 16.5. The first-order valence-corrected chi connectivity index (χ1v) is 2.49. The molecule has 0 amide bonds. The number of rotatable bonds is 1. The average molecular weight is 115 g/mol. The summed E-state index contributed by atoms with van der Waals surface area (Å²) in [7, 11) is 0. The summed E-state index contributed by atoms with van der Waals surface area (Å²) >= 11 is 0. The quantitative estimate of drug-likeness (QED) is 0.525. The van der Waals surface area contributed by atoms with Gasteiger partial charge in [-0.25, -0.2) is 0 Å². The van der Waals surface area contributed by atoms with Crippen LogP contribution in [0.1, 0.15) is 6.92 Å². The van der Waals surface area contributed by atoms with Gasteiger partial charge in [0.15, 0.2) is 6.73 Å². The van der Waals surface area contributed by atoms with Gasteiger partial charge in [-0.1, -0.05) is 0 Å². The Labute approximate surface area is 48.2 Å². The van der Waals surface area contributed by atoms with E-state index in [0.29, 0.717) is 6.73 Å². The summed E-state index contributed by atoms with van der Waals surface area (Å²) in [5, 5.41) is 8.49. The molecule has 1 heterocycles. The minimum absolute atomic E-state index is 0.0390. The number of aliphatic hydroxyl groups is 1. The minimum atomic E-state index is 0.0390. The zero-order valence-corrected chi connectivity index (χ0v) is 4.79. The molecule has 0 aromatic heterocycles. The second kappa shape index (κ2) is 2.05. The van der Waals surface area contributed by atoms with Gasteiger partial charge in [-0.3, -0.25) is 0 Å². The van der Waals surface area contributed by atoms with Crippen molar-refractivity contribution in [2.75, 3.05) is 13.5 Å². The van der Waals surface area contributed by atoms with Crippen LogP contribution in [0.5, 0.6) is 0 Å². The van der Waals surface area contributed by atoms with Gasteiger partial charge in [0.1, 0.15) is 12.5 Å². The predicted octanol–water partition coefficient (Wildman–Crippen LogP) is 0.0872. The van der Waals surface area contributed by atoms with E-state index in [-0.39, 0.29) is 6.73 Å². The highest BCUT2D eigenvalue weighted by Crippen LogP contribution is 2.07. The third-order valence-electron chi connectivity index (χ3n) is 1.00. The van der Waals surface area contributed by atoms with E-state index in [1.165, 1.54) is 0 Å². The molecular formula is C5H9NO2. The average Bonchev–Trinajstić information content (AvgIpc) is 2.14. The largest absolute Gasteiger partial charge is 0.476 e. The van der Waals surface area contributed by atoms with Crippen molar-refractivity contribution in [2.45, 2.75) is 6.92 Å². The molecule has 0 atom stereocenters. The van der Waals surface area contributed by atoms with Gasteiger partial charge in [-0.05, 0) is 6.92 Å². The molecule has 0 aromatic rings. The van der Waals surface area contributed by atoms with Gasteiger partial charge >= 0.3 is 0 Å². The third-order valence-corrected chi connectivity index (χ3v) is 1.00. The molecule has 3 heteroatoms. The van der Waals surface area contributed by atoms with Gasteiger partial charge in [0.2, 0.25) is 0 Å². The van der Waals surface area contributed by atoms with Gasteiger partial charge in [0.05, 0.1) is 0 Å². The molecule has 0 bridgehead atoms. The lowest BCUT2D eigenvalue weighted by molar-refractivity contribution is 0.0816. The van der Waals surface area contributed by atoms with Crippen molar-refractivity contribution >= 4 is 0 Å². The molecule has 0 saturated carbocycles. The molecule has 8 heavy (non-hydrogen) atoms. The second-order valence-corrected chi connectivity index (χ2v) is 1.74. The van der Waals surface area contributed by atoms with E-state index in [9.17, 15) is 0 Å². The van der Waals surface area contributed by atoms with Crippen LogP contribution in [0.3, 0.4) is 0 Å². The fourth-order valence-corrected chi connectivity index (χ4v) is 0.598. The predicted molar refractivity (Wildman–Crippen MR) is 28.6 cm³/mol. The molecule has 0 radical (unpaired) electrons. The molecule has 0 aromatic carbocycles. The van der Waals surface area contributed by atoms with E-state index in [2.05, 4.69) is 0 Å². The molecule has 1 N–H and O–H groups in total. The number of hydrogen-bond acceptors (Lipinski definition) is 3. The Bertz CT molecular complexity index is 111. The van der Waals surface area contributed by atoms with Crippen LogP contribution in [-0.2, 0) is 4.74 Å². The van der Waals surface area contributed by atoms with Gasteiger partial charge in [-0.2, -0.15) is 0 Å². The minimum Gasteiger partial charge on any atom is -0.476 e. The first-order chi connectivity index (χ1) is 3.83. The number of nitrogens with zero attached hydrogens (tertiary/aromatic N) is 1. The lowest BCUT2D eigenvalue weighted by Gasteiger charge is -2.06. The molecule has 1 rings (SSSR count). The van der Waals surface area contributed by atoms with Gasteiger partial charge < -0.3 is 14.7 Å². The highest BCUT2D eigenvalue weighted by Gasteiger charge is 2.05. The summed E-state index contributed by atoms with van der Waals surface area (Å²) in [6.07, 6.45) is 1.78. The number of aliphatic hydroxyl groups excluding tert-OH is 1. The Morgan fingerprint density at radius 2 is 2.75 bits per heavy atom. The molecule has 0 spiro atoms. The fraction of sp³-hybridized carbons (Fsp3) is 0.600. The van der Waals surface area contributed by atoms with E-state index in [4.69, 9.17) is 9.84 Å². The van der Waals surface area contributed by atoms with Crippen LogP contribution in [0.4, 0.5) is 0 Å². The summed E-state index contributed by atoms with van der Waals surface area (Å²) in [5.74, 6) is 0.860. The zero-order chi connectivity index (χ0) is 5.98. The topological polar surface area (TPSA) is 32.7 Å². The van der Waals surface area contributed by atoms with Crippen LogP contribution in [0, 0.1) is 0 Å². The molecule has 1 aliphatic rings. The third kappa shape index (κ3) is 0.924. The normalized spacial score (nSPS) is 18.2. The van der Waals surface area contributed by atoms with E-state index in [1.807, 2.05) is 6.92 Å². The van der Waals surface area contributed by atoms with E-state index in [1.54, 1.807) is 11.1 Å². The maximum atomic E-state index is 8.49. The van der Waals surface area contributed by atoms with Crippen LogP contribution in [0.15, 0.2) is 12.0 Å². The van der Waals surface area contributed by atoms with Crippen molar-refractivity contribution in [3.05, 3.63) is 12.0 Å². The molecule has 0 fully saturated rings. The Kier molecular flexibility index (Phi) is 1.39. The lowest BCUT2D eigenvalue weighted by atomic mass is 10.6. The van der Waals surface area contributed by atoms with Gasteiger partial charge in [0, 0.05) is 6.20 Å². The van der Waals surface area contributed by atoms with Crippen LogP contribution < -0.4 is 0 Å². The zero-order valence-electron chi connectivity index (χ0n) is 4.79. The van der Waals surface area contributed by atoms with Crippen molar-refractivity contribution in [1.82, 2.24) is 4.90 Å². The SMILES string of the molecule is CC1=CN(CO)CO1. The van der Waals surface area contributed by atoms with Crippen LogP contribution in [0.2, 0.25) is 0 Å². The summed E-state index contributed by atoms with van der Waals surface area (Å²) < 4.78 is 4.98. The summed E-state index contributed by atoms with van der Waals surface area (Å²) in [6.45, 7) is 2.38. The Morgan fingerprint density at radius 3 is 3.00 bits per heavy atom. The molecule has 3 nitrogen and oxygen atoms in total. The van der Waals surface area contributed by atoms with Crippen LogP contribution in [0.25, 0.3) is 0 Å². The molecule has 0 aliphatic carbocycles. The maximum absolute atomic E-state index is 8.49. The fourth-order valence-electron chi connectivity index (χ4n) is 0.598. The highest BCUT2D eigenvalue weighted by molar-refractivity contribution is 4.91. The van der Waals surface area contributed by atoms with Crippen LogP contribution in [-0.4, -0.2) is 23.5 Å². The van der Waals surface area contributed by atoms with Gasteiger partial charge in [-0.15, -0.1) is 0 Å². The lowest BCUT2D eigenvalue weighted by Crippen LogP contribution is -2.15. The Hall–Kier alpha value is -0.700. The van der Waals surface area contributed by atoms with E-state index >= 15 is 0 Å². The monoisotopic (exact) mass is 115 g/mol. The van der Waals surface area contributed by atoms with Crippen LogP contribution >= 0.6 is 0 Å². The van der Waals surface area contributed by atoms with Crippen molar-refractivity contribution in [3.8, 4) is 0 Å². The molecule has 0 saturated heterocycles. The first-order valence-electron chi connectivity index (χ1n) is 2.49. The standard InChI is InChI=1S/C5H9NO2/c1-5-2-6(3-7)4-8-5/h2,7H,3-4H2,1H3. The Morgan fingerprint density at radius 1 is 2.00 bits per heavy atom. The summed E-state index contributed by atoms with van der Waals surface area (Å²) in [5.41, 5.74) is 0. The molecule has 46 valence electrons. The van der Waals surface area contributed by atoms with Crippen molar-refractivity contribution in [1.29, 1.82) is 0 Å². The first kappa shape index (κ1) is 5.44. The van der Waals surface area contributed by atoms with E-state index in [0.717, 1.165) is 5.76 Å². The second-order valence-electron chi connectivity index (χ2n) is 1.74. The number of ether oxygens (including phenoxy) is 1. The molecular weight excluding hydrogens is 106 g/mol. The van der Waals surface area contributed by atoms with E-state index < -0.39 is 0 Å². The smallest absolute Gasteiger partial charge is 0.162 e. The van der Waals surface area contributed by atoms with Crippen molar-refractivity contribution in [2.24, 2.45) is 0 Å². The van der Waals surface area contributed by atoms with Crippen molar-refractivity contribution < 1.29 is 9.84 Å². The molecule has 0 unspecified atom stereocenters. The van der Waals surface area contributed by atoms with Gasteiger partial charge in [0.25, 0.3) is 0 Å². The number of hydrogen-bond donors (Lipinski definition) is 1. The molecule has 1 aliphatic heterocycles.